The maximum absolute atomic E-state index is 13.5. The summed E-state index contributed by atoms with van der Waals surface area (Å²) in [6, 6.07) is 6.87. The topological polar surface area (TPSA) is 61.4 Å². The van der Waals surface area contributed by atoms with Gasteiger partial charge in [0.15, 0.2) is 5.96 Å². The third-order valence-corrected chi connectivity index (χ3v) is 5.85. The minimum Gasteiger partial charge on any atom is -0.379 e. The van der Waals surface area contributed by atoms with E-state index in [0.717, 1.165) is 63.9 Å². The van der Waals surface area contributed by atoms with Crippen LogP contribution >= 0.6 is 0 Å². The molecule has 32 heavy (non-hydrogen) atoms. The van der Waals surface area contributed by atoms with Gasteiger partial charge in [-0.2, -0.15) is 0 Å². The van der Waals surface area contributed by atoms with Crippen molar-refractivity contribution in [2.24, 2.45) is 10.9 Å². The fourth-order valence-electron chi connectivity index (χ4n) is 4.32. The summed E-state index contributed by atoms with van der Waals surface area (Å²) in [5.41, 5.74) is 1.08. The highest BCUT2D eigenvalue weighted by Gasteiger charge is 2.24. The van der Waals surface area contributed by atoms with Gasteiger partial charge in [-0.25, -0.2) is 4.39 Å². The average Bonchev–Trinajstić information content (AvgIpc) is 2.79. The number of halogens is 1. The van der Waals surface area contributed by atoms with E-state index >= 15 is 0 Å². The highest BCUT2D eigenvalue weighted by atomic mass is 19.1. The third-order valence-electron chi connectivity index (χ3n) is 5.85. The van der Waals surface area contributed by atoms with E-state index in [-0.39, 0.29) is 18.0 Å². The van der Waals surface area contributed by atoms with Crippen LogP contribution in [0, 0.1) is 11.7 Å². The first-order chi connectivity index (χ1) is 15.5. The fourth-order valence-corrected chi connectivity index (χ4v) is 4.32. The Kier molecular flexibility index (Phi) is 10.2. The van der Waals surface area contributed by atoms with E-state index in [9.17, 15) is 4.39 Å². The van der Waals surface area contributed by atoms with Crippen LogP contribution in [0.5, 0.6) is 0 Å². The van der Waals surface area contributed by atoms with Gasteiger partial charge in [-0.15, -0.1) is 0 Å². The fraction of sp³-hybridized carbons (Fsp3) is 0.708. The Morgan fingerprint density at radius 2 is 1.88 bits per heavy atom. The smallest absolute Gasteiger partial charge is 0.191 e. The van der Waals surface area contributed by atoms with Crippen molar-refractivity contribution < 1.29 is 13.9 Å². The van der Waals surface area contributed by atoms with Gasteiger partial charge < -0.3 is 20.1 Å². The van der Waals surface area contributed by atoms with E-state index < -0.39 is 0 Å². The van der Waals surface area contributed by atoms with Crippen LogP contribution in [0.25, 0.3) is 0 Å². The molecular formula is C24H40FN5O2. The molecule has 0 radical (unpaired) electrons. The number of guanidine groups is 1. The number of nitrogens with zero attached hydrogens (tertiary/aromatic N) is 3. The second kappa shape index (κ2) is 13.1. The molecule has 1 aromatic carbocycles. The van der Waals surface area contributed by atoms with Crippen LogP contribution in [-0.4, -0.2) is 94.0 Å². The number of ether oxygens (including phenoxy) is 2. The Labute approximate surface area is 192 Å². The Balaban J connectivity index is 1.62. The molecule has 3 rings (SSSR count). The van der Waals surface area contributed by atoms with E-state index in [4.69, 9.17) is 14.5 Å². The maximum Gasteiger partial charge on any atom is 0.191 e. The number of aliphatic imine (C=N–C) groups is 1. The van der Waals surface area contributed by atoms with Crippen molar-refractivity contribution >= 4 is 5.96 Å². The SMILES string of the molecule is CCNC(=NCC(c1ccc(F)cc1)N1CCOCC1)NCC1CN(CC(C)C)CCO1. The normalized spacial score (nSPS) is 22.2. The molecular weight excluding hydrogens is 409 g/mol. The van der Waals surface area contributed by atoms with Crippen LogP contribution in [0.15, 0.2) is 29.3 Å². The Morgan fingerprint density at radius 3 is 2.56 bits per heavy atom. The summed E-state index contributed by atoms with van der Waals surface area (Å²) < 4.78 is 25.0. The molecule has 0 saturated carbocycles. The lowest BCUT2D eigenvalue weighted by molar-refractivity contribution is -0.0284. The predicted octanol–water partition coefficient (Wildman–Crippen LogP) is 2.11. The molecule has 0 amide bonds. The minimum atomic E-state index is -0.216. The standard InChI is InChI=1S/C24H40FN5O2/c1-4-26-24(27-15-22-18-29(9-14-32-22)17-19(2)3)28-16-23(30-10-12-31-13-11-30)20-5-7-21(25)8-6-20/h5-8,19,22-23H,4,9-18H2,1-3H3,(H2,26,27,28). The first-order valence-electron chi connectivity index (χ1n) is 12.0. The van der Waals surface area contributed by atoms with Gasteiger partial charge in [-0.05, 0) is 30.5 Å². The van der Waals surface area contributed by atoms with Crippen molar-refractivity contribution in [2.45, 2.75) is 32.9 Å². The van der Waals surface area contributed by atoms with Crippen molar-refractivity contribution in [1.29, 1.82) is 0 Å². The molecule has 2 unspecified atom stereocenters. The molecule has 0 aromatic heterocycles. The quantitative estimate of drug-likeness (QED) is 0.445. The molecule has 180 valence electrons. The van der Waals surface area contributed by atoms with Gasteiger partial charge in [0, 0.05) is 45.8 Å². The Hall–Kier alpha value is -1.74. The van der Waals surface area contributed by atoms with E-state index in [1.807, 2.05) is 12.1 Å². The first kappa shape index (κ1) is 24.9. The molecule has 2 N–H and O–H groups in total. The molecule has 0 aliphatic carbocycles. The van der Waals surface area contributed by atoms with Gasteiger partial charge in [0.1, 0.15) is 5.82 Å². The molecule has 0 bridgehead atoms. The van der Waals surface area contributed by atoms with Crippen molar-refractivity contribution in [3.05, 3.63) is 35.6 Å². The van der Waals surface area contributed by atoms with Gasteiger partial charge in [0.25, 0.3) is 0 Å². The summed E-state index contributed by atoms with van der Waals surface area (Å²) in [5, 5.41) is 6.82. The number of hydrogen-bond donors (Lipinski definition) is 2. The Bertz CT molecular complexity index is 694. The van der Waals surface area contributed by atoms with Gasteiger partial charge in [0.05, 0.1) is 38.5 Å². The second-order valence-electron chi connectivity index (χ2n) is 8.96. The van der Waals surface area contributed by atoms with Crippen LogP contribution in [0.3, 0.4) is 0 Å². The number of hydrogen-bond acceptors (Lipinski definition) is 5. The van der Waals surface area contributed by atoms with Crippen molar-refractivity contribution in [3.63, 3.8) is 0 Å². The van der Waals surface area contributed by atoms with Crippen molar-refractivity contribution in [3.8, 4) is 0 Å². The van der Waals surface area contributed by atoms with Crippen LogP contribution in [0.2, 0.25) is 0 Å². The molecule has 2 heterocycles. The Morgan fingerprint density at radius 1 is 1.12 bits per heavy atom. The number of morpholine rings is 2. The lowest BCUT2D eigenvalue weighted by Gasteiger charge is -2.35. The average molecular weight is 450 g/mol. The zero-order chi connectivity index (χ0) is 22.8. The lowest BCUT2D eigenvalue weighted by Crippen LogP contribution is -2.50. The molecule has 8 heteroatoms. The zero-order valence-electron chi connectivity index (χ0n) is 19.9. The third kappa shape index (κ3) is 7.99. The van der Waals surface area contributed by atoms with E-state index in [1.54, 1.807) is 0 Å². The highest BCUT2D eigenvalue weighted by molar-refractivity contribution is 5.79. The van der Waals surface area contributed by atoms with Crippen LogP contribution < -0.4 is 10.6 Å². The largest absolute Gasteiger partial charge is 0.379 e. The van der Waals surface area contributed by atoms with E-state index in [0.29, 0.717) is 25.7 Å². The number of rotatable bonds is 9. The monoisotopic (exact) mass is 449 g/mol. The summed E-state index contributed by atoms with van der Waals surface area (Å²) in [4.78, 5) is 9.74. The van der Waals surface area contributed by atoms with Gasteiger partial charge in [-0.3, -0.25) is 14.8 Å². The van der Waals surface area contributed by atoms with Crippen LogP contribution in [0.4, 0.5) is 4.39 Å². The summed E-state index contributed by atoms with van der Waals surface area (Å²) in [6.45, 7) is 15.6. The maximum atomic E-state index is 13.5. The van der Waals surface area contributed by atoms with Crippen molar-refractivity contribution in [1.82, 2.24) is 20.4 Å². The molecule has 7 nitrogen and oxygen atoms in total. The van der Waals surface area contributed by atoms with Gasteiger partial charge >= 0.3 is 0 Å². The highest BCUT2D eigenvalue weighted by Crippen LogP contribution is 2.22. The van der Waals surface area contributed by atoms with Crippen LogP contribution in [-0.2, 0) is 9.47 Å². The summed E-state index contributed by atoms with van der Waals surface area (Å²) in [5.74, 6) is 1.23. The minimum absolute atomic E-state index is 0.0856. The van der Waals surface area contributed by atoms with Crippen LogP contribution in [0.1, 0.15) is 32.4 Å². The summed E-state index contributed by atoms with van der Waals surface area (Å²) in [7, 11) is 0. The number of nitrogens with one attached hydrogen (secondary N) is 2. The van der Waals surface area contributed by atoms with Gasteiger partial charge in [0.2, 0.25) is 0 Å². The van der Waals surface area contributed by atoms with Crippen molar-refractivity contribution in [2.75, 3.05) is 72.2 Å². The number of benzene rings is 1. The lowest BCUT2D eigenvalue weighted by atomic mass is 10.0. The predicted molar refractivity (Wildman–Crippen MR) is 127 cm³/mol. The molecule has 2 fully saturated rings. The molecule has 2 aliphatic rings. The molecule has 2 saturated heterocycles. The molecule has 2 atom stereocenters. The molecule has 2 aliphatic heterocycles. The van der Waals surface area contributed by atoms with E-state index in [1.165, 1.54) is 12.1 Å². The second-order valence-corrected chi connectivity index (χ2v) is 8.96. The van der Waals surface area contributed by atoms with E-state index in [2.05, 4.69) is 41.2 Å². The zero-order valence-corrected chi connectivity index (χ0v) is 19.9. The summed E-state index contributed by atoms with van der Waals surface area (Å²) >= 11 is 0. The van der Waals surface area contributed by atoms with Gasteiger partial charge in [-0.1, -0.05) is 26.0 Å². The first-order valence-corrected chi connectivity index (χ1v) is 12.0. The molecule has 1 aromatic rings. The summed E-state index contributed by atoms with van der Waals surface area (Å²) in [6.07, 6.45) is 0.151. The molecule has 0 spiro atoms.